The highest BCUT2D eigenvalue weighted by molar-refractivity contribution is 5.80. The zero-order valence-electron chi connectivity index (χ0n) is 12.1. The van der Waals surface area contributed by atoms with E-state index < -0.39 is 0 Å². The molecule has 0 aliphatic heterocycles. The summed E-state index contributed by atoms with van der Waals surface area (Å²) in [5.74, 6) is 0.883. The lowest BCUT2D eigenvalue weighted by Crippen LogP contribution is -2.42. The maximum absolute atomic E-state index is 4.39. The SMILES string of the molecule is C=CCN=C(NCC)NC(C)CCC(C)(C)C. The molecular weight excluding hydrogens is 210 g/mol. The Kier molecular flexibility index (Phi) is 7.68. The molecule has 3 nitrogen and oxygen atoms in total. The van der Waals surface area contributed by atoms with Crippen molar-refractivity contribution in [3.63, 3.8) is 0 Å². The number of aliphatic imine (C=N–C) groups is 1. The molecule has 1 atom stereocenters. The van der Waals surface area contributed by atoms with Gasteiger partial charge in [-0.2, -0.15) is 0 Å². The number of nitrogens with one attached hydrogen (secondary N) is 2. The van der Waals surface area contributed by atoms with E-state index in [1.165, 1.54) is 6.42 Å². The minimum atomic E-state index is 0.395. The topological polar surface area (TPSA) is 36.4 Å². The molecule has 0 aromatic rings. The van der Waals surface area contributed by atoms with E-state index in [0.29, 0.717) is 18.0 Å². The molecule has 0 saturated heterocycles. The van der Waals surface area contributed by atoms with E-state index in [1.807, 2.05) is 0 Å². The van der Waals surface area contributed by atoms with Crippen molar-refractivity contribution in [3.05, 3.63) is 12.7 Å². The Balaban J connectivity index is 4.11. The summed E-state index contributed by atoms with van der Waals surface area (Å²) in [7, 11) is 0. The van der Waals surface area contributed by atoms with Gasteiger partial charge in [0.2, 0.25) is 0 Å². The second kappa shape index (κ2) is 8.15. The van der Waals surface area contributed by atoms with Crippen LogP contribution in [-0.4, -0.2) is 25.1 Å². The molecule has 0 radical (unpaired) electrons. The Morgan fingerprint density at radius 2 is 2.06 bits per heavy atom. The molecule has 0 fully saturated rings. The first-order valence-corrected chi connectivity index (χ1v) is 6.54. The lowest BCUT2D eigenvalue weighted by atomic mass is 9.89. The van der Waals surface area contributed by atoms with Crippen LogP contribution >= 0.6 is 0 Å². The average Bonchev–Trinajstić information content (AvgIpc) is 2.22. The van der Waals surface area contributed by atoms with Crippen LogP contribution in [-0.2, 0) is 0 Å². The van der Waals surface area contributed by atoms with Gasteiger partial charge in [-0.1, -0.05) is 26.8 Å². The van der Waals surface area contributed by atoms with Crippen LogP contribution in [0.15, 0.2) is 17.6 Å². The largest absolute Gasteiger partial charge is 0.357 e. The molecule has 1 unspecified atom stereocenters. The van der Waals surface area contributed by atoms with Gasteiger partial charge < -0.3 is 10.6 Å². The Hall–Kier alpha value is -0.990. The van der Waals surface area contributed by atoms with Crippen LogP contribution in [0.25, 0.3) is 0 Å². The molecule has 0 bridgehead atoms. The summed E-state index contributed by atoms with van der Waals surface area (Å²) in [5.41, 5.74) is 0.395. The summed E-state index contributed by atoms with van der Waals surface area (Å²) in [6.45, 7) is 16.3. The molecule has 17 heavy (non-hydrogen) atoms. The lowest BCUT2D eigenvalue weighted by Gasteiger charge is -2.23. The maximum atomic E-state index is 4.39. The van der Waals surface area contributed by atoms with E-state index in [1.54, 1.807) is 6.08 Å². The minimum Gasteiger partial charge on any atom is -0.357 e. The van der Waals surface area contributed by atoms with Gasteiger partial charge in [-0.25, -0.2) is 4.99 Å². The molecule has 2 N–H and O–H groups in total. The van der Waals surface area contributed by atoms with Crippen molar-refractivity contribution >= 4 is 5.96 Å². The second-order valence-electron chi connectivity index (χ2n) is 5.65. The maximum Gasteiger partial charge on any atom is 0.191 e. The van der Waals surface area contributed by atoms with Crippen molar-refractivity contribution in [1.29, 1.82) is 0 Å². The summed E-state index contributed by atoms with van der Waals surface area (Å²) in [6.07, 6.45) is 4.17. The van der Waals surface area contributed by atoms with E-state index in [4.69, 9.17) is 0 Å². The number of hydrogen-bond donors (Lipinski definition) is 2. The third kappa shape index (κ3) is 9.91. The number of hydrogen-bond acceptors (Lipinski definition) is 1. The molecule has 3 heteroatoms. The van der Waals surface area contributed by atoms with Crippen molar-refractivity contribution in [2.75, 3.05) is 13.1 Å². The summed E-state index contributed by atoms with van der Waals surface area (Å²) in [6, 6.07) is 0.442. The second-order valence-corrected chi connectivity index (χ2v) is 5.65. The molecular formula is C14H29N3. The molecule has 0 aromatic carbocycles. The number of rotatable bonds is 6. The van der Waals surface area contributed by atoms with Crippen molar-refractivity contribution in [2.24, 2.45) is 10.4 Å². The molecule has 0 rings (SSSR count). The molecule has 0 aromatic heterocycles. The van der Waals surface area contributed by atoms with Crippen molar-refractivity contribution in [3.8, 4) is 0 Å². The molecule has 0 saturated carbocycles. The first-order chi connectivity index (χ1) is 7.89. The van der Waals surface area contributed by atoms with Gasteiger partial charge in [0.25, 0.3) is 0 Å². The minimum absolute atomic E-state index is 0.395. The average molecular weight is 239 g/mol. The van der Waals surface area contributed by atoms with Gasteiger partial charge in [-0.05, 0) is 32.1 Å². The van der Waals surface area contributed by atoms with Crippen LogP contribution in [0.2, 0.25) is 0 Å². The molecule has 0 spiro atoms. The number of guanidine groups is 1. The lowest BCUT2D eigenvalue weighted by molar-refractivity contribution is 0.346. The van der Waals surface area contributed by atoms with E-state index in [0.717, 1.165) is 18.9 Å². The Labute approximate surface area is 107 Å². The van der Waals surface area contributed by atoms with Crippen molar-refractivity contribution in [1.82, 2.24) is 10.6 Å². The standard InChI is InChI=1S/C14H29N3/c1-7-11-16-13(15-8-2)17-12(3)9-10-14(4,5)6/h7,12H,1,8-11H2,2-6H3,(H2,15,16,17). The van der Waals surface area contributed by atoms with Gasteiger partial charge in [0, 0.05) is 12.6 Å². The van der Waals surface area contributed by atoms with Gasteiger partial charge in [0.1, 0.15) is 0 Å². The smallest absolute Gasteiger partial charge is 0.191 e. The first-order valence-electron chi connectivity index (χ1n) is 6.54. The summed E-state index contributed by atoms with van der Waals surface area (Å²) >= 11 is 0. The van der Waals surface area contributed by atoms with Crippen LogP contribution in [0.1, 0.15) is 47.5 Å². The molecule has 0 aliphatic carbocycles. The highest BCUT2D eigenvalue weighted by Crippen LogP contribution is 2.21. The summed E-state index contributed by atoms with van der Waals surface area (Å²) in [5, 5.41) is 6.65. The van der Waals surface area contributed by atoms with Crippen molar-refractivity contribution in [2.45, 2.75) is 53.5 Å². The molecule has 100 valence electrons. The van der Waals surface area contributed by atoms with Gasteiger partial charge in [0.05, 0.1) is 6.54 Å². The van der Waals surface area contributed by atoms with Crippen LogP contribution < -0.4 is 10.6 Å². The normalized spacial score (nSPS) is 14.3. The van der Waals surface area contributed by atoms with Crippen LogP contribution in [0, 0.1) is 5.41 Å². The fourth-order valence-electron chi connectivity index (χ4n) is 1.43. The van der Waals surface area contributed by atoms with Crippen molar-refractivity contribution < 1.29 is 0 Å². The van der Waals surface area contributed by atoms with E-state index in [2.05, 4.69) is 56.8 Å². The van der Waals surface area contributed by atoms with Gasteiger partial charge in [-0.3, -0.25) is 0 Å². The summed E-state index contributed by atoms with van der Waals surface area (Å²) < 4.78 is 0. The van der Waals surface area contributed by atoms with E-state index in [-0.39, 0.29) is 0 Å². The van der Waals surface area contributed by atoms with Gasteiger partial charge >= 0.3 is 0 Å². The first kappa shape index (κ1) is 16.0. The quantitative estimate of drug-likeness (QED) is 0.425. The molecule has 0 amide bonds. The van der Waals surface area contributed by atoms with Crippen LogP contribution in [0.3, 0.4) is 0 Å². The number of nitrogens with zero attached hydrogens (tertiary/aromatic N) is 1. The fraction of sp³-hybridized carbons (Fsp3) is 0.786. The van der Waals surface area contributed by atoms with E-state index in [9.17, 15) is 0 Å². The zero-order chi connectivity index (χ0) is 13.3. The summed E-state index contributed by atoms with van der Waals surface area (Å²) in [4.78, 5) is 4.39. The van der Waals surface area contributed by atoms with Crippen LogP contribution in [0.5, 0.6) is 0 Å². The predicted molar refractivity (Wildman–Crippen MR) is 77.5 cm³/mol. The van der Waals surface area contributed by atoms with Crippen LogP contribution in [0.4, 0.5) is 0 Å². The third-order valence-corrected chi connectivity index (χ3v) is 2.43. The predicted octanol–water partition coefficient (Wildman–Crippen LogP) is 2.94. The van der Waals surface area contributed by atoms with Gasteiger partial charge in [0.15, 0.2) is 5.96 Å². The Morgan fingerprint density at radius 3 is 2.53 bits per heavy atom. The highest BCUT2D eigenvalue weighted by atomic mass is 15.2. The monoisotopic (exact) mass is 239 g/mol. The Morgan fingerprint density at radius 1 is 1.41 bits per heavy atom. The fourth-order valence-corrected chi connectivity index (χ4v) is 1.43. The van der Waals surface area contributed by atoms with E-state index >= 15 is 0 Å². The highest BCUT2D eigenvalue weighted by Gasteiger charge is 2.13. The Bertz CT molecular complexity index is 238. The molecule has 0 heterocycles. The zero-order valence-corrected chi connectivity index (χ0v) is 12.1. The third-order valence-electron chi connectivity index (χ3n) is 2.43. The van der Waals surface area contributed by atoms with Gasteiger partial charge in [-0.15, -0.1) is 6.58 Å². The molecule has 0 aliphatic rings.